The number of aromatic amines is 1. The molecule has 0 amide bonds. The maximum Gasteiger partial charge on any atom is 0.215 e. The molecule has 2 bridgehead atoms. The second-order valence-corrected chi connectivity index (χ2v) is 6.32. The SMILES string of the molecule is CCOc1ccc2[nH]c(CC3CC4CCC(C3)N4)nc2n1. The van der Waals surface area contributed by atoms with Crippen molar-refractivity contribution in [1.82, 2.24) is 20.3 Å². The Morgan fingerprint density at radius 3 is 2.76 bits per heavy atom. The van der Waals surface area contributed by atoms with Crippen LogP contribution in [0.3, 0.4) is 0 Å². The molecule has 2 N–H and O–H groups in total. The third-order valence-electron chi connectivity index (χ3n) is 4.71. The van der Waals surface area contributed by atoms with E-state index in [0.717, 1.165) is 41.4 Å². The molecule has 0 radical (unpaired) electrons. The van der Waals surface area contributed by atoms with Gasteiger partial charge in [0.05, 0.1) is 12.1 Å². The fraction of sp³-hybridized carbons (Fsp3) is 0.625. The number of hydrogen-bond acceptors (Lipinski definition) is 4. The molecule has 0 saturated carbocycles. The van der Waals surface area contributed by atoms with Gasteiger partial charge >= 0.3 is 0 Å². The van der Waals surface area contributed by atoms with Gasteiger partial charge < -0.3 is 15.0 Å². The maximum atomic E-state index is 5.44. The van der Waals surface area contributed by atoms with Crippen LogP contribution in [0.25, 0.3) is 11.2 Å². The number of aromatic nitrogens is 3. The predicted molar refractivity (Wildman–Crippen MR) is 81.4 cm³/mol. The van der Waals surface area contributed by atoms with E-state index in [0.29, 0.717) is 12.5 Å². The van der Waals surface area contributed by atoms with E-state index >= 15 is 0 Å². The van der Waals surface area contributed by atoms with Crippen molar-refractivity contribution in [2.45, 2.75) is 51.1 Å². The molecular weight excluding hydrogens is 264 g/mol. The van der Waals surface area contributed by atoms with Crippen LogP contribution in [0.2, 0.25) is 0 Å². The van der Waals surface area contributed by atoms with Crippen molar-refractivity contribution in [2.75, 3.05) is 6.61 Å². The second-order valence-electron chi connectivity index (χ2n) is 6.32. The molecule has 2 atom stereocenters. The molecule has 5 nitrogen and oxygen atoms in total. The highest BCUT2D eigenvalue weighted by molar-refractivity contribution is 5.71. The van der Waals surface area contributed by atoms with E-state index in [4.69, 9.17) is 4.74 Å². The third-order valence-corrected chi connectivity index (χ3v) is 4.71. The van der Waals surface area contributed by atoms with Crippen molar-refractivity contribution >= 4 is 11.2 Å². The van der Waals surface area contributed by atoms with Gasteiger partial charge in [0.2, 0.25) is 5.88 Å². The fourth-order valence-corrected chi connectivity index (χ4v) is 3.87. The van der Waals surface area contributed by atoms with Gasteiger partial charge in [0.25, 0.3) is 0 Å². The molecule has 2 aromatic heterocycles. The highest BCUT2D eigenvalue weighted by Crippen LogP contribution is 2.32. The first-order valence-electron chi connectivity index (χ1n) is 8.04. The smallest absolute Gasteiger partial charge is 0.215 e. The Hall–Kier alpha value is -1.62. The van der Waals surface area contributed by atoms with Crippen molar-refractivity contribution in [3.05, 3.63) is 18.0 Å². The lowest BCUT2D eigenvalue weighted by Crippen LogP contribution is -2.38. The lowest BCUT2D eigenvalue weighted by molar-refractivity contribution is 0.295. The molecule has 2 aliphatic rings. The van der Waals surface area contributed by atoms with Gasteiger partial charge in [0, 0.05) is 24.6 Å². The van der Waals surface area contributed by atoms with Crippen LogP contribution in [0.15, 0.2) is 12.1 Å². The summed E-state index contributed by atoms with van der Waals surface area (Å²) in [5, 5.41) is 3.69. The van der Waals surface area contributed by atoms with Gasteiger partial charge in [-0.15, -0.1) is 0 Å². The van der Waals surface area contributed by atoms with Gasteiger partial charge in [-0.05, 0) is 44.6 Å². The largest absolute Gasteiger partial charge is 0.478 e. The minimum atomic E-state index is 0.633. The number of nitrogens with zero attached hydrogens (tertiary/aromatic N) is 2. The van der Waals surface area contributed by atoms with E-state index in [1.54, 1.807) is 0 Å². The van der Waals surface area contributed by atoms with Crippen LogP contribution in [-0.4, -0.2) is 33.6 Å². The number of nitrogens with one attached hydrogen (secondary N) is 2. The van der Waals surface area contributed by atoms with Crippen LogP contribution in [0, 0.1) is 5.92 Å². The molecule has 2 fully saturated rings. The molecule has 2 unspecified atom stereocenters. The molecule has 5 heteroatoms. The Morgan fingerprint density at radius 1 is 1.19 bits per heavy atom. The van der Waals surface area contributed by atoms with E-state index in [2.05, 4.69) is 20.3 Å². The zero-order valence-corrected chi connectivity index (χ0v) is 12.4. The van der Waals surface area contributed by atoms with E-state index in [-0.39, 0.29) is 0 Å². The number of imidazole rings is 1. The van der Waals surface area contributed by atoms with Crippen LogP contribution >= 0.6 is 0 Å². The molecule has 2 aromatic rings. The van der Waals surface area contributed by atoms with Crippen molar-refractivity contribution in [2.24, 2.45) is 5.92 Å². The summed E-state index contributed by atoms with van der Waals surface area (Å²) in [5.74, 6) is 2.47. The molecule has 0 spiro atoms. The van der Waals surface area contributed by atoms with E-state index in [1.807, 2.05) is 19.1 Å². The number of pyridine rings is 1. The first kappa shape index (κ1) is 13.1. The highest BCUT2D eigenvalue weighted by atomic mass is 16.5. The van der Waals surface area contributed by atoms with Gasteiger partial charge in [-0.3, -0.25) is 0 Å². The average molecular weight is 286 g/mol. The number of fused-ring (bicyclic) bond motifs is 3. The van der Waals surface area contributed by atoms with Crippen molar-refractivity contribution < 1.29 is 4.74 Å². The highest BCUT2D eigenvalue weighted by Gasteiger charge is 2.33. The number of piperidine rings is 1. The van der Waals surface area contributed by atoms with Crippen molar-refractivity contribution in [3.63, 3.8) is 0 Å². The maximum absolute atomic E-state index is 5.44. The summed E-state index contributed by atoms with van der Waals surface area (Å²) in [6, 6.07) is 5.38. The average Bonchev–Trinajstić information content (AvgIpc) is 3.01. The number of hydrogen-bond donors (Lipinski definition) is 2. The van der Waals surface area contributed by atoms with E-state index in [1.165, 1.54) is 25.7 Å². The summed E-state index contributed by atoms with van der Waals surface area (Å²) in [4.78, 5) is 12.5. The summed E-state index contributed by atoms with van der Waals surface area (Å²) >= 11 is 0. The van der Waals surface area contributed by atoms with Crippen molar-refractivity contribution in [1.29, 1.82) is 0 Å². The minimum Gasteiger partial charge on any atom is -0.478 e. The Bertz CT molecular complexity index is 626. The Balaban J connectivity index is 1.51. The van der Waals surface area contributed by atoms with Gasteiger partial charge in [-0.1, -0.05) is 0 Å². The Kier molecular flexibility index (Phi) is 3.30. The molecule has 112 valence electrons. The first-order chi connectivity index (χ1) is 10.3. The minimum absolute atomic E-state index is 0.633. The fourth-order valence-electron chi connectivity index (χ4n) is 3.87. The Morgan fingerprint density at radius 2 is 2.00 bits per heavy atom. The first-order valence-corrected chi connectivity index (χ1v) is 8.04. The molecular formula is C16H22N4O. The van der Waals surface area contributed by atoms with E-state index in [9.17, 15) is 0 Å². The molecule has 4 heterocycles. The lowest BCUT2D eigenvalue weighted by Gasteiger charge is -2.28. The quantitative estimate of drug-likeness (QED) is 0.906. The van der Waals surface area contributed by atoms with Crippen LogP contribution in [-0.2, 0) is 6.42 Å². The molecule has 4 rings (SSSR count). The van der Waals surface area contributed by atoms with Crippen LogP contribution in [0.4, 0.5) is 0 Å². The number of ether oxygens (including phenoxy) is 1. The molecule has 0 aliphatic carbocycles. The lowest BCUT2D eigenvalue weighted by atomic mass is 9.89. The number of H-pyrrole nitrogens is 1. The van der Waals surface area contributed by atoms with Gasteiger partial charge in [0.15, 0.2) is 5.65 Å². The second kappa shape index (κ2) is 5.30. The van der Waals surface area contributed by atoms with Gasteiger partial charge in [-0.2, -0.15) is 4.98 Å². The summed E-state index contributed by atoms with van der Waals surface area (Å²) in [6.45, 7) is 2.60. The molecule has 2 saturated heterocycles. The predicted octanol–water partition coefficient (Wildman–Crippen LogP) is 2.43. The normalized spacial score (nSPS) is 28.1. The summed E-state index contributed by atoms with van der Waals surface area (Å²) < 4.78 is 5.44. The molecule has 21 heavy (non-hydrogen) atoms. The van der Waals surface area contributed by atoms with Crippen LogP contribution in [0.5, 0.6) is 5.88 Å². The number of rotatable bonds is 4. The Labute approximate surface area is 124 Å². The summed E-state index contributed by atoms with van der Waals surface area (Å²) in [7, 11) is 0. The standard InChI is InChI=1S/C16H22N4O/c1-2-21-15-6-5-13-16(20-15)19-14(18-13)9-10-7-11-3-4-12(8-10)17-11/h5-6,10-12,17H,2-4,7-9H2,1H3,(H,18,19,20). The van der Waals surface area contributed by atoms with Gasteiger partial charge in [0.1, 0.15) is 5.82 Å². The zero-order chi connectivity index (χ0) is 14.2. The van der Waals surface area contributed by atoms with Crippen molar-refractivity contribution in [3.8, 4) is 5.88 Å². The summed E-state index contributed by atoms with van der Waals surface area (Å²) in [5.41, 5.74) is 1.78. The summed E-state index contributed by atoms with van der Waals surface area (Å²) in [6.07, 6.45) is 6.30. The van der Waals surface area contributed by atoms with E-state index < -0.39 is 0 Å². The van der Waals surface area contributed by atoms with Gasteiger partial charge in [-0.25, -0.2) is 4.98 Å². The molecule has 2 aliphatic heterocycles. The molecule has 0 aromatic carbocycles. The zero-order valence-electron chi connectivity index (χ0n) is 12.4. The topological polar surface area (TPSA) is 62.8 Å². The third kappa shape index (κ3) is 2.62. The van der Waals surface area contributed by atoms with Crippen LogP contribution in [0.1, 0.15) is 38.4 Å². The van der Waals surface area contributed by atoms with Crippen LogP contribution < -0.4 is 10.1 Å². The monoisotopic (exact) mass is 286 g/mol.